The van der Waals surface area contributed by atoms with Crippen LogP contribution in [0.5, 0.6) is 0 Å². The minimum absolute atomic E-state index is 0.0290. The molecule has 3 fully saturated rings. The second-order valence-electron chi connectivity index (χ2n) is 9.73. The molecule has 11 heteroatoms. The molecule has 0 radical (unpaired) electrons. The summed E-state index contributed by atoms with van der Waals surface area (Å²) in [5.74, 6) is 0.538. The number of hydrogen-bond acceptors (Lipinski definition) is 6. The second-order valence-corrected chi connectivity index (χ2v) is 9.73. The Morgan fingerprint density at radius 2 is 1.91 bits per heavy atom. The standard InChI is InChI=1S/C23H22F3N5O3/c1-11-28-16-17(20(33)31(11)2)29-19(30-18(16)21-9-22(21,10-21)23(24,25)26)12-5-6-34-14(7-12)13-3-4-15(32)27-8-13/h3-4,8,12,14H,5-7,9-10H2,1-2H3,(H,27,32). The van der Waals surface area contributed by atoms with Crippen molar-refractivity contribution in [3.8, 4) is 0 Å². The number of alkyl halides is 3. The van der Waals surface area contributed by atoms with E-state index >= 15 is 0 Å². The third-order valence-corrected chi connectivity index (χ3v) is 7.87. The highest BCUT2D eigenvalue weighted by atomic mass is 19.4. The van der Waals surface area contributed by atoms with Crippen molar-refractivity contribution in [3.63, 3.8) is 0 Å². The number of halogens is 3. The topological polar surface area (TPSA) is 103 Å². The van der Waals surface area contributed by atoms with Gasteiger partial charge in [0.05, 0.1) is 17.2 Å². The largest absolute Gasteiger partial charge is 0.395 e. The number of H-pyrrole nitrogens is 1. The van der Waals surface area contributed by atoms with Gasteiger partial charge in [-0.25, -0.2) is 15.0 Å². The Bertz CT molecular complexity index is 1430. The Hall–Kier alpha value is -3.08. The molecule has 2 atom stereocenters. The third-order valence-electron chi connectivity index (χ3n) is 7.87. The van der Waals surface area contributed by atoms with Crippen LogP contribution in [0.15, 0.2) is 27.9 Å². The van der Waals surface area contributed by atoms with Crippen molar-refractivity contribution in [2.24, 2.45) is 12.5 Å². The molecule has 1 N–H and O–H groups in total. The number of nitrogens with zero attached hydrogens (tertiary/aromatic N) is 4. The number of fused-ring (bicyclic) bond motifs is 2. The second kappa shape index (κ2) is 6.74. The van der Waals surface area contributed by atoms with Crippen molar-refractivity contribution in [1.29, 1.82) is 0 Å². The minimum Gasteiger partial charge on any atom is -0.373 e. The molecule has 4 heterocycles. The summed E-state index contributed by atoms with van der Waals surface area (Å²) in [5, 5.41) is 0. The first-order chi connectivity index (χ1) is 16.1. The van der Waals surface area contributed by atoms with Gasteiger partial charge in [0.25, 0.3) is 5.56 Å². The normalized spacial score (nSPS) is 30.3. The number of aromatic nitrogens is 5. The first kappa shape index (κ1) is 21.5. The number of nitrogens with one attached hydrogen (secondary N) is 1. The zero-order chi connectivity index (χ0) is 24.0. The molecule has 8 nitrogen and oxygen atoms in total. The first-order valence-electron chi connectivity index (χ1n) is 11.2. The molecule has 6 rings (SSSR count). The van der Waals surface area contributed by atoms with Crippen LogP contribution in [0.25, 0.3) is 11.0 Å². The molecule has 0 spiro atoms. The smallest absolute Gasteiger partial charge is 0.373 e. The first-order valence-corrected chi connectivity index (χ1v) is 11.2. The summed E-state index contributed by atoms with van der Waals surface area (Å²) in [5.41, 5.74) is -2.22. The molecule has 1 saturated heterocycles. The summed E-state index contributed by atoms with van der Waals surface area (Å²) in [4.78, 5) is 40.8. The van der Waals surface area contributed by atoms with Crippen molar-refractivity contribution in [1.82, 2.24) is 24.5 Å². The van der Waals surface area contributed by atoms with Gasteiger partial charge in [-0.15, -0.1) is 0 Å². The molecule has 3 aromatic rings. The van der Waals surface area contributed by atoms with Gasteiger partial charge in [-0.05, 0) is 44.2 Å². The highest BCUT2D eigenvalue weighted by Crippen LogP contribution is 2.90. The number of hydrogen-bond donors (Lipinski definition) is 1. The number of pyridine rings is 1. The van der Waals surface area contributed by atoms with Crippen LogP contribution in [0, 0.1) is 12.3 Å². The zero-order valence-electron chi connectivity index (χ0n) is 18.6. The van der Waals surface area contributed by atoms with E-state index in [0.717, 1.165) is 5.56 Å². The average Bonchev–Trinajstić information content (AvgIpc) is 3.66. The fourth-order valence-corrected chi connectivity index (χ4v) is 5.43. The van der Waals surface area contributed by atoms with Gasteiger partial charge in [-0.3, -0.25) is 14.2 Å². The van der Waals surface area contributed by atoms with Crippen LogP contribution in [0.4, 0.5) is 13.2 Å². The summed E-state index contributed by atoms with van der Waals surface area (Å²) < 4.78 is 48.5. The molecule has 34 heavy (non-hydrogen) atoms. The van der Waals surface area contributed by atoms with Crippen molar-refractivity contribution in [2.45, 2.75) is 56.2 Å². The van der Waals surface area contributed by atoms with E-state index in [1.165, 1.54) is 10.6 Å². The highest BCUT2D eigenvalue weighted by molar-refractivity contribution is 5.79. The number of rotatable bonds is 3. The molecule has 2 saturated carbocycles. The monoisotopic (exact) mass is 473 g/mol. The molecule has 178 valence electrons. The van der Waals surface area contributed by atoms with E-state index in [-0.39, 0.29) is 47.2 Å². The van der Waals surface area contributed by atoms with E-state index in [2.05, 4.69) is 19.9 Å². The van der Waals surface area contributed by atoms with E-state index in [1.54, 1.807) is 26.2 Å². The lowest BCUT2D eigenvalue weighted by molar-refractivity contribution is -0.167. The van der Waals surface area contributed by atoms with E-state index in [9.17, 15) is 22.8 Å². The van der Waals surface area contributed by atoms with Crippen LogP contribution >= 0.6 is 0 Å². The van der Waals surface area contributed by atoms with Gasteiger partial charge >= 0.3 is 6.18 Å². The fraction of sp³-hybridized carbons (Fsp3) is 0.522. The zero-order valence-corrected chi connectivity index (χ0v) is 18.6. The van der Waals surface area contributed by atoms with E-state index in [0.29, 0.717) is 31.1 Å². The molecule has 0 bridgehead atoms. The summed E-state index contributed by atoms with van der Waals surface area (Å²) in [7, 11) is 1.57. The van der Waals surface area contributed by atoms with Crippen molar-refractivity contribution in [3.05, 3.63) is 61.9 Å². The van der Waals surface area contributed by atoms with Crippen molar-refractivity contribution >= 4 is 11.0 Å². The highest BCUT2D eigenvalue weighted by Gasteiger charge is 2.94. The van der Waals surface area contributed by atoms with E-state index < -0.39 is 22.6 Å². The lowest BCUT2D eigenvalue weighted by Gasteiger charge is -2.29. The predicted octanol–water partition coefficient (Wildman–Crippen LogP) is 2.95. The molecule has 2 unspecified atom stereocenters. The Labute approximate surface area is 191 Å². The average molecular weight is 473 g/mol. The van der Waals surface area contributed by atoms with Gasteiger partial charge in [0.2, 0.25) is 5.56 Å². The quantitative estimate of drug-likeness (QED) is 0.628. The molecule has 0 amide bonds. The van der Waals surface area contributed by atoms with Gasteiger partial charge in [0.1, 0.15) is 17.2 Å². The van der Waals surface area contributed by atoms with Gasteiger partial charge < -0.3 is 9.72 Å². The van der Waals surface area contributed by atoms with Crippen LogP contribution in [-0.2, 0) is 17.2 Å². The van der Waals surface area contributed by atoms with Crippen molar-refractivity contribution in [2.75, 3.05) is 6.61 Å². The predicted molar refractivity (Wildman–Crippen MR) is 114 cm³/mol. The van der Waals surface area contributed by atoms with Gasteiger partial charge in [-0.1, -0.05) is 0 Å². The molecular formula is C23H22F3N5O3. The summed E-state index contributed by atoms with van der Waals surface area (Å²) in [6, 6.07) is 3.10. The molecule has 0 aromatic carbocycles. The summed E-state index contributed by atoms with van der Waals surface area (Å²) in [6.45, 7) is 2.03. The lowest BCUT2D eigenvalue weighted by Crippen LogP contribution is -2.26. The third kappa shape index (κ3) is 2.85. The van der Waals surface area contributed by atoms with Crippen LogP contribution in [0.1, 0.15) is 60.6 Å². The molecule has 3 aliphatic rings. The Balaban J connectivity index is 1.46. The lowest BCUT2D eigenvalue weighted by atomic mass is 9.91. The SMILES string of the molecule is Cc1nc2c(C34CC3(C(F)(F)F)C4)nc(C3CCOC(c4ccc(=O)[nH]c4)C3)nc2c(=O)n1C. The molecular weight excluding hydrogens is 451 g/mol. The molecule has 3 aromatic heterocycles. The van der Waals surface area contributed by atoms with Gasteiger partial charge in [0, 0.05) is 37.3 Å². The Kier molecular flexibility index (Phi) is 4.25. The van der Waals surface area contributed by atoms with Crippen LogP contribution in [-0.4, -0.2) is 37.3 Å². The van der Waals surface area contributed by atoms with Crippen LogP contribution in [0.3, 0.4) is 0 Å². The van der Waals surface area contributed by atoms with E-state index in [4.69, 9.17) is 4.74 Å². The Morgan fingerprint density at radius 3 is 2.56 bits per heavy atom. The maximum absolute atomic E-state index is 13.8. The maximum atomic E-state index is 13.8. The molecule has 2 aliphatic carbocycles. The van der Waals surface area contributed by atoms with Crippen LogP contribution < -0.4 is 11.1 Å². The number of aromatic amines is 1. The fourth-order valence-electron chi connectivity index (χ4n) is 5.43. The van der Waals surface area contributed by atoms with Gasteiger partial charge in [0.15, 0.2) is 5.52 Å². The maximum Gasteiger partial charge on any atom is 0.395 e. The molecule has 1 aliphatic heterocycles. The summed E-state index contributed by atoms with van der Waals surface area (Å²) in [6.07, 6.45) is -2.07. The van der Waals surface area contributed by atoms with E-state index in [1.807, 2.05) is 0 Å². The number of aryl methyl sites for hydroxylation is 1. The minimum atomic E-state index is -4.33. The van der Waals surface area contributed by atoms with Crippen LogP contribution in [0.2, 0.25) is 0 Å². The number of ether oxygens (including phenoxy) is 1. The van der Waals surface area contributed by atoms with Crippen molar-refractivity contribution < 1.29 is 17.9 Å². The van der Waals surface area contributed by atoms with Gasteiger partial charge in [-0.2, -0.15) is 13.2 Å². The Morgan fingerprint density at radius 1 is 1.15 bits per heavy atom. The summed E-state index contributed by atoms with van der Waals surface area (Å²) >= 11 is 0.